The lowest BCUT2D eigenvalue weighted by atomic mass is 10.1. The Bertz CT molecular complexity index is 978. The van der Waals surface area contributed by atoms with Crippen molar-refractivity contribution in [1.82, 2.24) is 19.9 Å². The number of hydrogen-bond donors (Lipinski definition) is 1. The molecule has 0 saturated heterocycles. The summed E-state index contributed by atoms with van der Waals surface area (Å²) in [5.74, 6) is -0.267. The molecule has 3 aromatic heterocycles. The smallest absolute Gasteiger partial charge is 0.260 e. The van der Waals surface area contributed by atoms with Crippen LogP contribution < -0.4 is 10.9 Å². The predicted molar refractivity (Wildman–Crippen MR) is 96.5 cm³/mol. The molecule has 0 radical (unpaired) electrons. The average Bonchev–Trinajstić information content (AvgIpc) is 2.60. The van der Waals surface area contributed by atoms with Gasteiger partial charge in [0.25, 0.3) is 11.5 Å². The highest BCUT2D eigenvalue weighted by Gasteiger charge is 2.14. The molecule has 0 saturated carbocycles. The first-order chi connectivity index (χ1) is 12.0. The molecule has 3 aromatic rings. The SMILES string of the molecule is Cc1nc2ccn(C(C)C)c(=O)c2cc1C(=O)NCc1ccccn1. The first-order valence-electron chi connectivity index (χ1n) is 8.18. The number of aromatic nitrogens is 3. The van der Waals surface area contributed by atoms with Gasteiger partial charge in [-0.3, -0.25) is 19.6 Å². The lowest BCUT2D eigenvalue weighted by Crippen LogP contribution is -2.26. The number of carbonyl (C=O) groups excluding carboxylic acids is 1. The molecule has 0 aliphatic rings. The maximum absolute atomic E-state index is 12.6. The monoisotopic (exact) mass is 336 g/mol. The molecule has 0 aromatic carbocycles. The van der Waals surface area contributed by atoms with E-state index in [1.807, 2.05) is 32.0 Å². The third-order valence-electron chi connectivity index (χ3n) is 4.06. The summed E-state index contributed by atoms with van der Waals surface area (Å²) in [7, 11) is 0. The van der Waals surface area contributed by atoms with Gasteiger partial charge in [-0.1, -0.05) is 6.07 Å². The minimum absolute atomic E-state index is 0.0413. The number of aryl methyl sites for hydroxylation is 1. The van der Waals surface area contributed by atoms with Crippen molar-refractivity contribution < 1.29 is 4.79 Å². The molecule has 0 aliphatic heterocycles. The fourth-order valence-corrected chi connectivity index (χ4v) is 2.69. The van der Waals surface area contributed by atoms with Crippen molar-refractivity contribution >= 4 is 16.8 Å². The Morgan fingerprint density at radius 3 is 2.76 bits per heavy atom. The normalized spacial score (nSPS) is 11.0. The van der Waals surface area contributed by atoms with Crippen LogP contribution >= 0.6 is 0 Å². The van der Waals surface area contributed by atoms with Gasteiger partial charge in [0.15, 0.2) is 0 Å². The molecular weight excluding hydrogens is 316 g/mol. The van der Waals surface area contributed by atoms with Gasteiger partial charge in [0.1, 0.15) is 0 Å². The van der Waals surface area contributed by atoms with Crippen LogP contribution in [0.15, 0.2) is 47.5 Å². The highest BCUT2D eigenvalue weighted by atomic mass is 16.1. The van der Waals surface area contributed by atoms with E-state index in [9.17, 15) is 9.59 Å². The van der Waals surface area contributed by atoms with Gasteiger partial charge in [-0.25, -0.2) is 0 Å². The fourth-order valence-electron chi connectivity index (χ4n) is 2.69. The molecular formula is C19H20N4O2. The van der Waals surface area contributed by atoms with Crippen molar-refractivity contribution in [3.05, 3.63) is 70.0 Å². The molecule has 1 amide bonds. The standard InChI is InChI=1S/C19H20N4O2/c1-12(2)23-9-7-17-16(19(23)25)10-15(13(3)22-17)18(24)21-11-14-6-4-5-8-20-14/h4-10,12H,11H2,1-3H3,(H,21,24). The number of pyridine rings is 3. The Labute approximate surface area is 145 Å². The molecule has 6 heteroatoms. The van der Waals surface area contributed by atoms with Crippen LogP contribution in [0.3, 0.4) is 0 Å². The summed E-state index contributed by atoms with van der Waals surface area (Å²) in [6.07, 6.45) is 3.42. The van der Waals surface area contributed by atoms with Crippen molar-refractivity contribution in [2.75, 3.05) is 0 Å². The first kappa shape index (κ1) is 16.8. The molecule has 0 fully saturated rings. The molecule has 6 nitrogen and oxygen atoms in total. The van der Waals surface area contributed by atoms with E-state index in [1.54, 1.807) is 36.0 Å². The Morgan fingerprint density at radius 1 is 1.28 bits per heavy atom. The van der Waals surface area contributed by atoms with Crippen molar-refractivity contribution in [2.24, 2.45) is 0 Å². The molecule has 0 spiro atoms. The number of carbonyl (C=O) groups is 1. The minimum Gasteiger partial charge on any atom is -0.346 e. The second kappa shape index (κ2) is 6.84. The number of fused-ring (bicyclic) bond motifs is 1. The van der Waals surface area contributed by atoms with Crippen molar-refractivity contribution in [2.45, 2.75) is 33.4 Å². The third-order valence-corrected chi connectivity index (χ3v) is 4.06. The predicted octanol–water partition coefficient (Wildman–Crippen LogP) is 2.61. The zero-order valence-electron chi connectivity index (χ0n) is 14.5. The summed E-state index contributed by atoms with van der Waals surface area (Å²) in [5, 5.41) is 3.28. The van der Waals surface area contributed by atoms with E-state index in [0.29, 0.717) is 28.7 Å². The molecule has 0 unspecified atom stereocenters. The Balaban J connectivity index is 1.95. The summed E-state index contributed by atoms with van der Waals surface area (Å²) in [5.41, 5.74) is 2.22. The van der Waals surface area contributed by atoms with Gasteiger partial charge in [-0.15, -0.1) is 0 Å². The largest absolute Gasteiger partial charge is 0.346 e. The molecule has 3 heterocycles. The molecule has 0 atom stereocenters. The van der Waals surface area contributed by atoms with E-state index < -0.39 is 0 Å². The van der Waals surface area contributed by atoms with E-state index >= 15 is 0 Å². The van der Waals surface area contributed by atoms with Crippen LogP contribution in [0.25, 0.3) is 10.9 Å². The van der Waals surface area contributed by atoms with Crippen molar-refractivity contribution in [3.8, 4) is 0 Å². The molecule has 128 valence electrons. The number of rotatable bonds is 4. The molecule has 0 aliphatic carbocycles. The van der Waals surface area contributed by atoms with E-state index in [1.165, 1.54) is 0 Å². The Hall–Kier alpha value is -3.02. The second-order valence-electron chi connectivity index (χ2n) is 6.18. The molecule has 1 N–H and O–H groups in total. The first-order valence-corrected chi connectivity index (χ1v) is 8.18. The van der Waals surface area contributed by atoms with Gasteiger partial charge in [-0.05, 0) is 45.0 Å². The third kappa shape index (κ3) is 3.42. The molecule has 25 heavy (non-hydrogen) atoms. The van der Waals surface area contributed by atoms with Crippen LogP contribution in [0.4, 0.5) is 0 Å². The molecule has 0 bridgehead atoms. The fraction of sp³-hybridized carbons (Fsp3) is 0.263. The van der Waals surface area contributed by atoms with Gasteiger partial charge in [-0.2, -0.15) is 0 Å². The van der Waals surface area contributed by atoms with Gasteiger partial charge in [0, 0.05) is 18.4 Å². The highest BCUT2D eigenvalue weighted by Crippen LogP contribution is 2.15. The summed E-state index contributed by atoms with van der Waals surface area (Å²) in [6, 6.07) is 9.01. The van der Waals surface area contributed by atoms with Crippen molar-refractivity contribution in [1.29, 1.82) is 0 Å². The second-order valence-corrected chi connectivity index (χ2v) is 6.18. The highest BCUT2D eigenvalue weighted by molar-refractivity contribution is 5.98. The van der Waals surface area contributed by atoms with Crippen LogP contribution in [0.1, 0.15) is 41.6 Å². The number of nitrogens with zero attached hydrogens (tertiary/aromatic N) is 3. The number of hydrogen-bond acceptors (Lipinski definition) is 4. The van der Waals surface area contributed by atoms with Crippen LogP contribution in [0, 0.1) is 6.92 Å². The van der Waals surface area contributed by atoms with Crippen LogP contribution in [0.5, 0.6) is 0 Å². The Morgan fingerprint density at radius 2 is 2.08 bits per heavy atom. The maximum Gasteiger partial charge on any atom is 0.260 e. The quantitative estimate of drug-likeness (QED) is 0.794. The van der Waals surface area contributed by atoms with Crippen LogP contribution in [-0.4, -0.2) is 20.4 Å². The van der Waals surface area contributed by atoms with Crippen LogP contribution in [0.2, 0.25) is 0 Å². The lowest BCUT2D eigenvalue weighted by Gasteiger charge is -2.12. The summed E-state index contributed by atoms with van der Waals surface area (Å²) < 4.78 is 1.63. The van der Waals surface area contributed by atoms with Gasteiger partial charge >= 0.3 is 0 Å². The zero-order chi connectivity index (χ0) is 18.0. The number of nitrogens with one attached hydrogen (secondary N) is 1. The average molecular weight is 336 g/mol. The van der Waals surface area contributed by atoms with E-state index in [4.69, 9.17) is 0 Å². The van der Waals surface area contributed by atoms with E-state index in [0.717, 1.165) is 5.69 Å². The summed E-state index contributed by atoms with van der Waals surface area (Å²) >= 11 is 0. The van der Waals surface area contributed by atoms with E-state index in [2.05, 4.69) is 15.3 Å². The Kier molecular flexibility index (Phi) is 4.61. The van der Waals surface area contributed by atoms with E-state index in [-0.39, 0.29) is 17.5 Å². The summed E-state index contributed by atoms with van der Waals surface area (Å²) in [4.78, 5) is 33.7. The van der Waals surface area contributed by atoms with Gasteiger partial charge < -0.3 is 9.88 Å². The van der Waals surface area contributed by atoms with Gasteiger partial charge in [0.2, 0.25) is 0 Å². The number of amides is 1. The van der Waals surface area contributed by atoms with Gasteiger partial charge in [0.05, 0.1) is 34.4 Å². The molecule has 3 rings (SSSR count). The maximum atomic E-state index is 12.6. The zero-order valence-corrected chi connectivity index (χ0v) is 14.5. The summed E-state index contributed by atoms with van der Waals surface area (Å²) in [6.45, 7) is 5.97. The van der Waals surface area contributed by atoms with Crippen molar-refractivity contribution in [3.63, 3.8) is 0 Å². The minimum atomic E-state index is -0.267. The van der Waals surface area contributed by atoms with Crippen LogP contribution in [-0.2, 0) is 6.54 Å². The lowest BCUT2D eigenvalue weighted by molar-refractivity contribution is 0.0949. The topological polar surface area (TPSA) is 76.9 Å².